The zero-order valence-corrected chi connectivity index (χ0v) is 9.02. The molecule has 6 heteroatoms. The Labute approximate surface area is 99.9 Å². The molecule has 18 heavy (non-hydrogen) atoms. The minimum Gasteiger partial charge on any atom is -0.481 e. The van der Waals surface area contributed by atoms with E-state index in [1.165, 1.54) is 6.07 Å². The molecule has 0 bridgehead atoms. The van der Waals surface area contributed by atoms with Gasteiger partial charge in [0.1, 0.15) is 6.42 Å². The summed E-state index contributed by atoms with van der Waals surface area (Å²) in [6.45, 7) is 0. The predicted molar refractivity (Wildman–Crippen MR) is 62.2 cm³/mol. The second-order valence-electron chi connectivity index (χ2n) is 3.40. The Balaban J connectivity index is 2.64. The van der Waals surface area contributed by atoms with Crippen molar-refractivity contribution in [1.82, 2.24) is 4.98 Å². The van der Waals surface area contributed by atoms with Crippen molar-refractivity contribution in [2.24, 2.45) is 0 Å². The van der Waals surface area contributed by atoms with Crippen LogP contribution in [0, 0.1) is 11.8 Å². The molecule has 2 aromatic rings. The summed E-state index contributed by atoms with van der Waals surface area (Å²) in [6.07, 6.45) is -0.328. The van der Waals surface area contributed by atoms with Gasteiger partial charge >= 0.3 is 17.4 Å². The molecule has 90 valence electrons. The van der Waals surface area contributed by atoms with Gasteiger partial charge in [0.25, 0.3) is 0 Å². The van der Waals surface area contributed by atoms with Crippen LogP contribution in [-0.2, 0) is 4.79 Å². The summed E-state index contributed by atoms with van der Waals surface area (Å²) < 4.78 is 4.41. The van der Waals surface area contributed by atoms with Gasteiger partial charge in [0, 0.05) is 5.56 Å². The highest BCUT2D eigenvalue weighted by Gasteiger charge is 2.06. The lowest BCUT2D eigenvalue weighted by Crippen LogP contribution is -2.15. The van der Waals surface area contributed by atoms with Crippen LogP contribution < -0.4 is 11.4 Å². The number of aliphatic carboxylic acids is 1. The van der Waals surface area contributed by atoms with Crippen molar-refractivity contribution in [2.75, 3.05) is 0 Å². The highest BCUT2D eigenvalue weighted by molar-refractivity contribution is 5.83. The summed E-state index contributed by atoms with van der Waals surface area (Å²) in [5.41, 5.74) is -0.175. The number of H-pyrrole nitrogens is 1. The number of aromatic nitrogens is 1. The largest absolute Gasteiger partial charge is 0.481 e. The fourth-order valence-corrected chi connectivity index (χ4v) is 1.47. The second-order valence-corrected chi connectivity index (χ2v) is 3.40. The molecule has 0 aliphatic carbocycles. The lowest BCUT2D eigenvalue weighted by atomic mass is 10.1. The average molecular weight is 245 g/mol. The van der Waals surface area contributed by atoms with Crippen LogP contribution in [0.15, 0.2) is 32.2 Å². The number of hydrogen-bond acceptors (Lipinski definition) is 4. The van der Waals surface area contributed by atoms with Gasteiger partial charge in [0.2, 0.25) is 0 Å². The Morgan fingerprint density at radius 1 is 1.39 bits per heavy atom. The Hall–Kier alpha value is -2.81. The van der Waals surface area contributed by atoms with Gasteiger partial charge in [-0.25, -0.2) is 9.59 Å². The van der Waals surface area contributed by atoms with Crippen LogP contribution in [0.2, 0.25) is 0 Å². The number of rotatable bonds is 1. The lowest BCUT2D eigenvalue weighted by molar-refractivity contribution is -0.135. The van der Waals surface area contributed by atoms with E-state index in [0.29, 0.717) is 11.1 Å². The van der Waals surface area contributed by atoms with Crippen LogP contribution in [0.1, 0.15) is 12.0 Å². The number of carboxylic acids is 1. The summed E-state index contributed by atoms with van der Waals surface area (Å²) in [4.78, 5) is 35.2. The third kappa shape index (κ3) is 2.30. The number of carbonyl (C=O) groups is 1. The Morgan fingerprint density at radius 2 is 2.17 bits per heavy atom. The van der Waals surface area contributed by atoms with Gasteiger partial charge in [-0.3, -0.25) is 9.78 Å². The molecule has 2 N–H and O–H groups in total. The van der Waals surface area contributed by atoms with Gasteiger partial charge in [0.05, 0.1) is 10.9 Å². The quantitative estimate of drug-likeness (QED) is 0.704. The molecule has 6 nitrogen and oxygen atoms in total. The van der Waals surface area contributed by atoms with E-state index >= 15 is 0 Å². The molecule has 0 amide bonds. The predicted octanol–water partition coefficient (Wildman–Crippen LogP) is 0.307. The monoisotopic (exact) mass is 245 g/mol. The topological polar surface area (TPSA) is 100 Å². The normalized spacial score (nSPS) is 9.78. The molecule has 1 aromatic carbocycles. The van der Waals surface area contributed by atoms with Crippen molar-refractivity contribution in [3.63, 3.8) is 0 Å². The molecular weight excluding hydrogens is 238 g/mol. The lowest BCUT2D eigenvalue weighted by Gasteiger charge is -1.97. The first kappa shape index (κ1) is 11.7. The Bertz CT molecular complexity index is 788. The molecule has 2 rings (SSSR count). The third-order valence-electron chi connectivity index (χ3n) is 2.15. The number of benzene rings is 1. The zero-order chi connectivity index (χ0) is 13.1. The van der Waals surface area contributed by atoms with Gasteiger partial charge in [-0.15, -0.1) is 0 Å². The average Bonchev–Trinajstić information content (AvgIpc) is 2.27. The molecule has 0 unspecified atom stereocenters. The summed E-state index contributed by atoms with van der Waals surface area (Å²) in [6, 6.07) is 4.69. The molecule has 0 radical (unpaired) electrons. The molecule has 0 saturated heterocycles. The number of aromatic amines is 1. The van der Waals surface area contributed by atoms with Crippen LogP contribution in [-0.4, -0.2) is 16.1 Å². The SMILES string of the molecule is O=C(O)CC#Cc1cccc2[nH]c(=O)oc(=O)c12. The van der Waals surface area contributed by atoms with Crippen LogP contribution in [0.5, 0.6) is 0 Å². The van der Waals surface area contributed by atoms with Crippen molar-refractivity contribution in [3.8, 4) is 11.8 Å². The van der Waals surface area contributed by atoms with E-state index in [0.717, 1.165) is 0 Å². The van der Waals surface area contributed by atoms with Crippen molar-refractivity contribution in [3.05, 3.63) is 44.7 Å². The first-order chi connectivity index (χ1) is 8.58. The van der Waals surface area contributed by atoms with E-state index < -0.39 is 17.4 Å². The number of carboxylic acid groups (broad SMARTS) is 1. The number of fused-ring (bicyclic) bond motifs is 1. The molecule has 0 fully saturated rings. The van der Waals surface area contributed by atoms with Gasteiger partial charge < -0.3 is 9.52 Å². The summed E-state index contributed by atoms with van der Waals surface area (Å²) in [5, 5.41) is 8.60. The highest BCUT2D eigenvalue weighted by atomic mass is 16.4. The van der Waals surface area contributed by atoms with Crippen LogP contribution in [0.4, 0.5) is 0 Å². The number of nitrogens with one attached hydrogen (secondary N) is 1. The third-order valence-corrected chi connectivity index (χ3v) is 2.15. The van der Waals surface area contributed by atoms with E-state index in [2.05, 4.69) is 21.2 Å². The maximum Gasteiger partial charge on any atom is 0.419 e. The fraction of sp³-hybridized carbons (Fsp3) is 0.0833. The molecule has 0 saturated carbocycles. The van der Waals surface area contributed by atoms with Crippen LogP contribution >= 0.6 is 0 Å². The zero-order valence-electron chi connectivity index (χ0n) is 9.02. The van der Waals surface area contributed by atoms with Crippen molar-refractivity contribution in [2.45, 2.75) is 6.42 Å². The van der Waals surface area contributed by atoms with Crippen molar-refractivity contribution in [1.29, 1.82) is 0 Å². The minimum atomic E-state index is -1.05. The molecule has 0 aliphatic rings. The smallest absolute Gasteiger partial charge is 0.419 e. The van der Waals surface area contributed by atoms with E-state index in [1.54, 1.807) is 12.1 Å². The van der Waals surface area contributed by atoms with E-state index in [4.69, 9.17) is 5.11 Å². The van der Waals surface area contributed by atoms with Gasteiger partial charge in [-0.1, -0.05) is 17.9 Å². The van der Waals surface area contributed by atoms with Crippen molar-refractivity contribution < 1.29 is 14.3 Å². The number of hydrogen-bond donors (Lipinski definition) is 2. The Morgan fingerprint density at radius 3 is 2.89 bits per heavy atom. The molecule has 1 heterocycles. The maximum absolute atomic E-state index is 11.5. The van der Waals surface area contributed by atoms with E-state index in [1.807, 2.05) is 0 Å². The van der Waals surface area contributed by atoms with Crippen LogP contribution in [0.3, 0.4) is 0 Å². The maximum atomic E-state index is 11.5. The first-order valence-corrected chi connectivity index (χ1v) is 4.95. The van der Waals surface area contributed by atoms with E-state index in [-0.39, 0.29) is 11.8 Å². The van der Waals surface area contributed by atoms with Crippen molar-refractivity contribution >= 4 is 16.9 Å². The van der Waals surface area contributed by atoms with Gasteiger partial charge in [-0.05, 0) is 12.1 Å². The van der Waals surface area contributed by atoms with Crippen LogP contribution in [0.25, 0.3) is 10.9 Å². The Kier molecular flexibility index (Phi) is 2.98. The highest BCUT2D eigenvalue weighted by Crippen LogP contribution is 2.10. The minimum absolute atomic E-state index is 0.134. The molecule has 0 spiro atoms. The summed E-state index contributed by atoms with van der Waals surface area (Å²) in [5.74, 6) is 3.08. The fourth-order valence-electron chi connectivity index (χ4n) is 1.47. The van der Waals surface area contributed by atoms with Gasteiger partial charge in [0.15, 0.2) is 0 Å². The molecule has 0 atom stereocenters. The second kappa shape index (κ2) is 4.59. The van der Waals surface area contributed by atoms with Gasteiger partial charge in [-0.2, -0.15) is 0 Å². The standard InChI is InChI=1S/C12H7NO5/c14-9(15)6-2-4-7-3-1-5-8-10(7)11(16)18-12(17)13-8/h1,3,5H,6H2,(H,13,17)(H,14,15). The van der Waals surface area contributed by atoms with E-state index in [9.17, 15) is 14.4 Å². The molecule has 0 aliphatic heterocycles. The summed E-state index contributed by atoms with van der Waals surface area (Å²) in [7, 11) is 0. The first-order valence-electron chi connectivity index (χ1n) is 4.95. The summed E-state index contributed by atoms with van der Waals surface area (Å²) >= 11 is 0. The molecule has 1 aromatic heterocycles. The molecular formula is C12H7NO5.